The Bertz CT molecular complexity index is 4270. The zero-order valence-electron chi connectivity index (χ0n) is 76.0. The summed E-state index contributed by atoms with van der Waals surface area (Å²) in [4.78, 5) is 13.4. The van der Waals surface area contributed by atoms with Crippen LogP contribution in [0.5, 0.6) is 0 Å². The second-order valence-electron chi connectivity index (χ2n) is 47.0. The van der Waals surface area contributed by atoms with E-state index in [2.05, 4.69) is 113 Å². The van der Waals surface area contributed by atoms with Gasteiger partial charge in [0.1, 0.15) is 0 Å². The van der Waals surface area contributed by atoms with E-state index in [0.29, 0.717) is 59.3 Å². The number of Topliss-reactive ketones (excluding diaryl/α,β-unsaturated/α-hetero) is 1. The van der Waals surface area contributed by atoms with Crippen molar-refractivity contribution < 1.29 is 38.4 Å². The summed E-state index contributed by atoms with van der Waals surface area (Å²) in [6, 6.07) is 2.01. The first-order valence-electron chi connectivity index (χ1n) is 49.4. The fourth-order valence-electron chi connectivity index (χ4n) is 34.5. The van der Waals surface area contributed by atoms with Crippen molar-refractivity contribution in [3.8, 4) is 0 Å². The molecule has 4 heterocycles. The van der Waals surface area contributed by atoms with Gasteiger partial charge in [-0.25, -0.2) is 0 Å². The SMILES string of the molecule is C=C(Cn1cc(C(F)(F)F)cn1)[C@H]1CC[C@H]2[C@@H]3CC[C@@H]4C[C@](C)(O)CC[C@@H]4[C@H]3CC[C@]12C.C=C(Cn1cc(CC)cn1)[C@H]1CC[C@H]2[C@@H]3CC[C@@H]4C[C@](C)(O)CC[C@@H]4[C@H]3CC[C@]12C.C=C(Cn1cccn1)[C@H]1CC[C@H]2[C@@H]3CC[C@@H]4C[C@](C)(O)CC[C@@H]4[C@H]3CC[C@]12C.Cc1cn(CC(=O)[C@H]2CC[C@H]3[C@@H]4CC[C@@H]5C[C@](C)(O)CC[C@@H]5[C@H]4CC[C@]23C)nc1C. The summed E-state index contributed by atoms with van der Waals surface area (Å²) < 4.78 is 46.3. The van der Waals surface area contributed by atoms with Crippen LogP contribution in [0.2, 0.25) is 0 Å². The van der Waals surface area contributed by atoms with E-state index >= 15 is 0 Å². The maximum atomic E-state index is 13.4. The van der Waals surface area contributed by atoms with Crippen LogP contribution in [0.1, 0.15) is 316 Å². The molecule has 20 rings (SSSR count). The standard InChI is InChI=1S/C27H42N2O.C26H37F3N2O.C26H40N2O2.C25H38N2O/c1-5-19-15-28-29(17-19)16-18(2)24-8-9-25-23-7-6-20-14-26(3,30)12-10-21(20)22(23)11-13-27(24,25)4;1-16(14-31-15-18(13-30-31)26(27,28)29)22-6-7-23-21-5-4-17-12-24(2,32)10-8-19(17)20(21)9-11-25(22,23)3;1-16-14-28(27-17(16)2)15-24(29)23-8-7-22-21-6-5-18-13-25(3,30)11-9-19(18)20(21)10-12-26(22,23)4;1-17(16-27-14-4-13-26-27)22-7-8-23-21-6-5-18-15-24(2,28)11-9-19(18)20(21)10-12-25(22,23)3/h15,17,20-25,30H,2,5-14,16H2,1,3-4H3;13,15,17,19-23,32H,1,4-12,14H2,2-3H3;14,18-23,30H,5-13,15H2,1-4H3;4,13-14,18-23,28H,1,5-12,15-16H2,2-3H3/t20-,21+,22-,23-,24-,25+,26-,27-;17-,19+,20-,21-,22-,23+,24-,25-;18-,19+,20-,21-,22+,23-,25-,26+;18-,19+,20-,21-,22-,23+,24-,25-/m1111/s1. The molecule has 16 aliphatic rings. The topological polar surface area (TPSA) is 169 Å². The third-order valence-corrected chi connectivity index (χ3v) is 40.0. The summed E-state index contributed by atoms with van der Waals surface area (Å²) >= 11 is 0. The van der Waals surface area contributed by atoms with Gasteiger partial charge in [-0.1, -0.05) is 71.1 Å². The molecule has 0 radical (unpaired) electrons. The molecule has 0 amide bonds. The molecule has 16 aliphatic carbocycles. The Morgan fingerprint density at radius 3 is 1.07 bits per heavy atom. The molecule has 32 atom stereocenters. The molecule has 0 aliphatic heterocycles. The van der Waals surface area contributed by atoms with Gasteiger partial charge in [0.25, 0.3) is 0 Å². The second-order valence-corrected chi connectivity index (χ2v) is 47.0. The van der Waals surface area contributed by atoms with Gasteiger partial charge in [0.05, 0.1) is 72.2 Å². The van der Waals surface area contributed by atoms with E-state index in [4.69, 9.17) is 0 Å². The lowest BCUT2D eigenvalue weighted by Crippen LogP contribution is -2.51. The van der Waals surface area contributed by atoms with Crippen molar-refractivity contribution in [3.63, 3.8) is 0 Å². The number of aryl methyl sites for hydroxylation is 3. The van der Waals surface area contributed by atoms with Gasteiger partial charge >= 0.3 is 6.18 Å². The molecule has 4 N–H and O–H groups in total. The third kappa shape index (κ3) is 16.7. The Labute approximate surface area is 719 Å². The lowest BCUT2D eigenvalue weighted by Gasteiger charge is -2.57. The number of allylic oxidation sites excluding steroid dienone is 3. The second kappa shape index (κ2) is 33.2. The lowest BCUT2D eigenvalue weighted by molar-refractivity contribution is -0.137. The predicted octanol–water partition coefficient (Wildman–Crippen LogP) is 23.0. The van der Waals surface area contributed by atoms with Crippen molar-refractivity contribution >= 4 is 5.78 Å². The fraction of sp³-hybridized carbons (Fsp3) is 0.817. The van der Waals surface area contributed by atoms with Crippen molar-refractivity contribution in [1.29, 1.82) is 0 Å². The average Bonchev–Trinajstić information content (AvgIpc) is 1.27. The van der Waals surface area contributed by atoms with E-state index in [1.54, 1.807) is 0 Å². The van der Waals surface area contributed by atoms with Crippen LogP contribution in [0.25, 0.3) is 0 Å². The van der Waals surface area contributed by atoms with E-state index < -0.39 is 34.1 Å². The van der Waals surface area contributed by atoms with Gasteiger partial charge < -0.3 is 20.4 Å². The molecule has 0 unspecified atom stereocenters. The van der Waals surface area contributed by atoms with Gasteiger partial charge in [-0.2, -0.15) is 33.6 Å². The highest BCUT2D eigenvalue weighted by Crippen LogP contribution is 2.71. The molecule has 120 heavy (non-hydrogen) atoms. The van der Waals surface area contributed by atoms with Gasteiger partial charge in [0.15, 0.2) is 5.78 Å². The molecule has 0 spiro atoms. The minimum atomic E-state index is -4.35. The first-order chi connectivity index (χ1) is 56.8. The number of alkyl halides is 3. The Morgan fingerprint density at radius 1 is 0.400 bits per heavy atom. The maximum absolute atomic E-state index is 13.4. The minimum absolute atomic E-state index is 0.183. The van der Waals surface area contributed by atoms with Gasteiger partial charge in [-0.05, 0) is 454 Å². The minimum Gasteiger partial charge on any atom is -0.390 e. The van der Waals surface area contributed by atoms with Crippen LogP contribution in [0, 0.1) is 178 Å². The molecule has 0 aromatic carbocycles. The van der Waals surface area contributed by atoms with Gasteiger partial charge in [-0.3, -0.25) is 23.5 Å². The zero-order valence-corrected chi connectivity index (χ0v) is 76.0. The van der Waals surface area contributed by atoms with Crippen LogP contribution in [0.4, 0.5) is 13.2 Å². The highest BCUT2D eigenvalue weighted by atomic mass is 19.4. The summed E-state index contributed by atoms with van der Waals surface area (Å²) in [6.07, 6.45) is 53.0. The number of aromatic nitrogens is 8. The summed E-state index contributed by atoms with van der Waals surface area (Å²) in [7, 11) is 0. The summed E-state index contributed by atoms with van der Waals surface area (Å²) in [5.41, 5.74) is 6.21. The van der Waals surface area contributed by atoms with Crippen LogP contribution < -0.4 is 0 Å². The fourth-order valence-corrected chi connectivity index (χ4v) is 34.5. The molecular formula is C104H157F3N8O5. The van der Waals surface area contributed by atoms with Crippen LogP contribution in [0.15, 0.2) is 85.9 Å². The zero-order chi connectivity index (χ0) is 84.8. The highest BCUT2D eigenvalue weighted by Gasteiger charge is 2.64. The number of carbonyl (C=O) groups is 1. The quantitative estimate of drug-likeness (QED) is 0.0952. The molecule has 0 saturated heterocycles. The van der Waals surface area contributed by atoms with Crippen LogP contribution >= 0.6 is 0 Å². The van der Waals surface area contributed by atoms with E-state index in [1.807, 2.05) is 54.8 Å². The van der Waals surface area contributed by atoms with Gasteiger partial charge in [-0.15, -0.1) is 0 Å². The monoisotopic (exact) mass is 1660 g/mol. The van der Waals surface area contributed by atoms with E-state index in [1.165, 1.54) is 194 Å². The lowest BCUT2D eigenvalue weighted by atomic mass is 9.49. The van der Waals surface area contributed by atoms with Gasteiger partial charge in [0, 0.05) is 36.9 Å². The number of rotatable bonds is 13. The number of fused-ring (bicyclic) bond motifs is 20. The molecule has 16 fully saturated rings. The maximum Gasteiger partial charge on any atom is 0.419 e. The predicted molar refractivity (Wildman–Crippen MR) is 470 cm³/mol. The van der Waals surface area contributed by atoms with Crippen molar-refractivity contribution in [1.82, 2.24) is 39.1 Å². The Kier molecular flexibility index (Phi) is 24.2. The molecule has 4 aromatic heterocycles. The number of ketones is 1. The average molecular weight is 1660 g/mol. The van der Waals surface area contributed by atoms with Crippen molar-refractivity contribution in [3.05, 3.63) is 108 Å². The molecule has 13 nitrogen and oxygen atoms in total. The summed E-state index contributed by atoms with van der Waals surface area (Å²) in [5.74, 6) is 18.6. The molecule has 16 saturated carbocycles. The van der Waals surface area contributed by atoms with Crippen molar-refractivity contribution in [2.75, 3.05) is 0 Å². The molecule has 4 aromatic rings. The number of halogens is 3. The molecule has 16 heteroatoms. The van der Waals surface area contributed by atoms with Crippen LogP contribution in [-0.4, -0.2) is 87.7 Å². The number of hydrogen-bond donors (Lipinski definition) is 4. The van der Waals surface area contributed by atoms with Crippen LogP contribution in [-0.2, 0) is 43.6 Å². The molecule has 664 valence electrons. The first-order valence-corrected chi connectivity index (χ1v) is 49.4. The Morgan fingerprint density at radius 2 is 0.742 bits per heavy atom. The number of nitrogens with zero attached hydrogens (tertiary/aromatic N) is 8. The summed E-state index contributed by atoms with van der Waals surface area (Å²) in [5, 5.41) is 59.9. The molecule has 0 bridgehead atoms. The van der Waals surface area contributed by atoms with Crippen LogP contribution in [0.3, 0.4) is 0 Å². The number of hydrogen-bond acceptors (Lipinski definition) is 9. The smallest absolute Gasteiger partial charge is 0.390 e. The number of carbonyl (C=O) groups excluding carboxylic acids is 1. The summed E-state index contributed by atoms with van der Waals surface area (Å²) in [6.45, 7) is 40.6. The number of aliphatic hydroxyl groups is 4. The normalized spacial score (nSPS) is 45.6. The highest BCUT2D eigenvalue weighted by molar-refractivity contribution is 5.82. The molecular weight excluding hydrogens is 1500 g/mol. The van der Waals surface area contributed by atoms with E-state index in [0.717, 1.165) is 214 Å². The van der Waals surface area contributed by atoms with Gasteiger partial charge in [0.2, 0.25) is 0 Å². The van der Waals surface area contributed by atoms with Crippen molar-refractivity contribution in [2.45, 2.75) is 368 Å². The van der Waals surface area contributed by atoms with Crippen molar-refractivity contribution in [2.24, 2.45) is 164 Å². The first kappa shape index (κ1) is 87.4. The third-order valence-electron chi connectivity index (χ3n) is 40.0. The Hall–Kier alpha value is -4.64. The largest absolute Gasteiger partial charge is 0.419 e. The van der Waals surface area contributed by atoms with E-state index in [-0.39, 0.29) is 16.7 Å². The Balaban J connectivity index is 0.000000114. The van der Waals surface area contributed by atoms with E-state index in [9.17, 15) is 38.4 Å².